The molecular formula is C14H21N5. The van der Waals surface area contributed by atoms with Gasteiger partial charge >= 0.3 is 0 Å². The summed E-state index contributed by atoms with van der Waals surface area (Å²) in [5, 5.41) is 15.3. The van der Waals surface area contributed by atoms with Crippen molar-refractivity contribution < 1.29 is 0 Å². The van der Waals surface area contributed by atoms with E-state index >= 15 is 0 Å². The lowest BCUT2D eigenvalue weighted by Gasteiger charge is -2.03. The van der Waals surface area contributed by atoms with Crippen molar-refractivity contribution in [3.05, 3.63) is 34.9 Å². The van der Waals surface area contributed by atoms with Crippen molar-refractivity contribution in [1.82, 2.24) is 25.3 Å². The first-order valence-electron chi connectivity index (χ1n) is 7.04. The van der Waals surface area contributed by atoms with Crippen LogP contribution in [0, 0.1) is 6.92 Å². The molecule has 0 spiro atoms. The van der Waals surface area contributed by atoms with Gasteiger partial charge in [-0.05, 0) is 32.8 Å². The molecule has 1 saturated carbocycles. The van der Waals surface area contributed by atoms with Crippen molar-refractivity contribution in [3.63, 3.8) is 0 Å². The smallest absolute Gasteiger partial charge is 0.0656 e. The Bertz CT molecular complexity index is 550. The molecular weight excluding hydrogens is 238 g/mol. The zero-order valence-electron chi connectivity index (χ0n) is 11.6. The fourth-order valence-electron chi connectivity index (χ4n) is 2.37. The molecule has 0 atom stereocenters. The minimum Gasteiger partial charge on any atom is -0.307 e. The number of nitrogens with one attached hydrogen (secondary N) is 2. The maximum absolute atomic E-state index is 4.36. The molecule has 2 heterocycles. The molecule has 0 aromatic carbocycles. The fourth-order valence-corrected chi connectivity index (χ4v) is 2.37. The number of aromatic amines is 1. The average molecular weight is 259 g/mol. The molecule has 2 N–H and O–H groups in total. The fraction of sp³-hybridized carbons (Fsp3) is 0.571. The van der Waals surface area contributed by atoms with Gasteiger partial charge in [0.15, 0.2) is 0 Å². The monoisotopic (exact) mass is 259 g/mol. The largest absolute Gasteiger partial charge is 0.307 e. The zero-order valence-corrected chi connectivity index (χ0v) is 11.6. The first-order chi connectivity index (χ1) is 9.28. The van der Waals surface area contributed by atoms with Crippen LogP contribution >= 0.6 is 0 Å². The van der Waals surface area contributed by atoms with E-state index < -0.39 is 0 Å². The molecule has 102 valence electrons. The van der Waals surface area contributed by atoms with E-state index in [1.165, 1.54) is 35.5 Å². The van der Waals surface area contributed by atoms with Gasteiger partial charge in [-0.15, -0.1) is 0 Å². The van der Waals surface area contributed by atoms with Gasteiger partial charge in [-0.25, -0.2) is 0 Å². The summed E-state index contributed by atoms with van der Waals surface area (Å²) in [7, 11) is 0. The number of hydrogen-bond acceptors (Lipinski definition) is 3. The molecule has 0 radical (unpaired) electrons. The van der Waals surface area contributed by atoms with E-state index in [-0.39, 0.29) is 0 Å². The molecule has 5 heteroatoms. The summed E-state index contributed by atoms with van der Waals surface area (Å²) in [4.78, 5) is 0. The molecule has 0 amide bonds. The molecule has 2 aromatic rings. The summed E-state index contributed by atoms with van der Waals surface area (Å²) >= 11 is 0. The highest BCUT2D eigenvalue weighted by Gasteiger charge is 2.25. The first kappa shape index (κ1) is 12.4. The van der Waals surface area contributed by atoms with Gasteiger partial charge in [0.05, 0.1) is 11.9 Å². The maximum Gasteiger partial charge on any atom is 0.0656 e. The Kier molecular flexibility index (Phi) is 3.38. The lowest BCUT2D eigenvalue weighted by atomic mass is 10.2. The van der Waals surface area contributed by atoms with Gasteiger partial charge in [-0.2, -0.15) is 10.2 Å². The van der Waals surface area contributed by atoms with Crippen LogP contribution in [0.2, 0.25) is 0 Å². The van der Waals surface area contributed by atoms with Crippen LogP contribution in [0.1, 0.15) is 48.3 Å². The van der Waals surface area contributed by atoms with Gasteiger partial charge < -0.3 is 5.32 Å². The highest BCUT2D eigenvalue weighted by molar-refractivity contribution is 5.18. The second-order valence-electron chi connectivity index (χ2n) is 5.27. The van der Waals surface area contributed by atoms with Gasteiger partial charge in [-0.3, -0.25) is 9.78 Å². The molecule has 19 heavy (non-hydrogen) atoms. The van der Waals surface area contributed by atoms with Crippen LogP contribution in [0.5, 0.6) is 0 Å². The molecule has 0 saturated heterocycles. The van der Waals surface area contributed by atoms with Crippen LogP contribution in [0.4, 0.5) is 0 Å². The SMILES string of the molecule is CCn1ncc(CNCc2cc(C3CC3)n[nH]2)c1C. The topological polar surface area (TPSA) is 58.5 Å². The molecule has 1 aliphatic carbocycles. The van der Waals surface area contributed by atoms with E-state index in [4.69, 9.17) is 0 Å². The summed E-state index contributed by atoms with van der Waals surface area (Å²) in [5.74, 6) is 0.718. The van der Waals surface area contributed by atoms with Crippen molar-refractivity contribution in [3.8, 4) is 0 Å². The minimum absolute atomic E-state index is 0.718. The molecule has 0 aliphatic heterocycles. The normalized spacial score (nSPS) is 15.1. The second-order valence-corrected chi connectivity index (χ2v) is 5.27. The number of H-pyrrole nitrogens is 1. The molecule has 2 aromatic heterocycles. The number of rotatable bonds is 6. The predicted molar refractivity (Wildman–Crippen MR) is 73.7 cm³/mol. The molecule has 1 fully saturated rings. The number of nitrogens with zero attached hydrogens (tertiary/aromatic N) is 3. The molecule has 5 nitrogen and oxygen atoms in total. The third-order valence-electron chi connectivity index (χ3n) is 3.78. The van der Waals surface area contributed by atoms with Gasteiger partial charge in [0.2, 0.25) is 0 Å². The Morgan fingerprint density at radius 2 is 2.26 bits per heavy atom. The van der Waals surface area contributed by atoms with Crippen LogP contribution in [-0.4, -0.2) is 20.0 Å². The van der Waals surface area contributed by atoms with Crippen LogP contribution < -0.4 is 5.32 Å². The summed E-state index contributed by atoms with van der Waals surface area (Å²) in [6, 6.07) is 2.19. The lowest BCUT2D eigenvalue weighted by Crippen LogP contribution is -2.13. The summed E-state index contributed by atoms with van der Waals surface area (Å²) in [6.07, 6.45) is 4.55. The molecule has 3 rings (SSSR count). The van der Waals surface area contributed by atoms with E-state index in [9.17, 15) is 0 Å². The Balaban J connectivity index is 1.52. The van der Waals surface area contributed by atoms with Crippen molar-refractivity contribution in [2.75, 3.05) is 0 Å². The number of hydrogen-bond donors (Lipinski definition) is 2. The van der Waals surface area contributed by atoms with Crippen LogP contribution in [0.15, 0.2) is 12.3 Å². The highest BCUT2D eigenvalue weighted by atomic mass is 15.3. The molecule has 1 aliphatic rings. The summed E-state index contributed by atoms with van der Waals surface area (Å²) in [6.45, 7) is 6.84. The Labute approximate surface area is 113 Å². The van der Waals surface area contributed by atoms with Gasteiger partial charge in [0.1, 0.15) is 0 Å². The Hall–Kier alpha value is -1.62. The zero-order chi connectivity index (χ0) is 13.2. The maximum atomic E-state index is 4.36. The third kappa shape index (κ3) is 2.71. The van der Waals surface area contributed by atoms with E-state index in [2.05, 4.69) is 40.5 Å². The van der Waals surface area contributed by atoms with Crippen LogP contribution in [0.25, 0.3) is 0 Å². The lowest BCUT2D eigenvalue weighted by molar-refractivity contribution is 0.632. The van der Waals surface area contributed by atoms with Crippen LogP contribution in [-0.2, 0) is 19.6 Å². The van der Waals surface area contributed by atoms with Crippen molar-refractivity contribution >= 4 is 0 Å². The number of aromatic nitrogens is 4. The highest BCUT2D eigenvalue weighted by Crippen LogP contribution is 2.38. The average Bonchev–Trinajstić information content (AvgIpc) is 3.06. The first-order valence-corrected chi connectivity index (χ1v) is 7.04. The van der Waals surface area contributed by atoms with E-state index in [1.54, 1.807) is 0 Å². The summed E-state index contributed by atoms with van der Waals surface area (Å²) < 4.78 is 2.03. The van der Waals surface area contributed by atoms with Gasteiger partial charge in [0.25, 0.3) is 0 Å². The van der Waals surface area contributed by atoms with E-state index in [0.29, 0.717) is 0 Å². The predicted octanol–water partition coefficient (Wildman–Crippen LogP) is 2.10. The molecule has 0 bridgehead atoms. The minimum atomic E-state index is 0.718. The van der Waals surface area contributed by atoms with Crippen molar-refractivity contribution in [2.45, 2.75) is 52.2 Å². The quantitative estimate of drug-likeness (QED) is 0.835. The standard InChI is InChI=1S/C14H21N5/c1-3-19-10(2)12(8-16-19)7-15-9-13-6-14(18-17-13)11-4-5-11/h6,8,11,15H,3-5,7,9H2,1-2H3,(H,17,18). The van der Waals surface area contributed by atoms with Gasteiger partial charge in [0, 0.05) is 42.5 Å². The van der Waals surface area contributed by atoms with E-state index in [1.807, 2.05) is 10.9 Å². The van der Waals surface area contributed by atoms with Crippen LogP contribution in [0.3, 0.4) is 0 Å². The Morgan fingerprint density at radius 3 is 2.95 bits per heavy atom. The Morgan fingerprint density at radius 1 is 1.42 bits per heavy atom. The van der Waals surface area contributed by atoms with E-state index in [0.717, 1.165) is 25.6 Å². The van der Waals surface area contributed by atoms with Crippen molar-refractivity contribution in [1.29, 1.82) is 0 Å². The third-order valence-corrected chi connectivity index (χ3v) is 3.78. The van der Waals surface area contributed by atoms with Gasteiger partial charge in [-0.1, -0.05) is 0 Å². The summed E-state index contributed by atoms with van der Waals surface area (Å²) in [5.41, 5.74) is 4.91. The number of aryl methyl sites for hydroxylation is 1. The molecule has 0 unspecified atom stereocenters. The second kappa shape index (κ2) is 5.17. The van der Waals surface area contributed by atoms with Crippen molar-refractivity contribution in [2.24, 2.45) is 0 Å².